The Hall–Kier alpha value is -3.63. The van der Waals surface area contributed by atoms with E-state index in [-0.39, 0.29) is 23.8 Å². The number of halogens is 3. The van der Waals surface area contributed by atoms with Gasteiger partial charge >= 0.3 is 0 Å². The number of amides is 2. The highest BCUT2D eigenvalue weighted by Crippen LogP contribution is 2.33. The molecule has 2 saturated heterocycles. The van der Waals surface area contributed by atoms with Gasteiger partial charge in [-0.25, -0.2) is 18.2 Å². The molecule has 0 radical (unpaired) electrons. The Labute approximate surface area is 193 Å². The molecular formula is C23H23F3N6O2. The smallest absolute Gasteiger partial charge is 0.258 e. The van der Waals surface area contributed by atoms with Gasteiger partial charge in [-0.15, -0.1) is 0 Å². The van der Waals surface area contributed by atoms with Crippen LogP contribution in [0.4, 0.5) is 19.0 Å². The molecule has 4 heterocycles. The van der Waals surface area contributed by atoms with Gasteiger partial charge in [0.25, 0.3) is 12.3 Å². The number of anilines is 1. The lowest BCUT2D eigenvalue weighted by molar-refractivity contribution is -0.135. The minimum Gasteiger partial charge on any atom is -0.384 e. The number of likely N-dealkylation sites (tertiary alicyclic amines) is 2. The van der Waals surface area contributed by atoms with Crippen molar-refractivity contribution in [3.63, 3.8) is 0 Å². The van der Waals surface area contributed by atoms with Gasteiger partial charge < -0.3 is 15.5 Å². The molecule has 2 aliphatic heterocycles. The van der Waals surface area contributed by atoms with Crippen molar-refractivity contribution >= 4 is 28.5 Å². The summed E-state index contributed by atoms with van der Waals surface area (Å²) in [5, 5.41) is 5.46. The first-order valence-corrected chi connectivity index (χ1v) is 11.1. The molecule has 1 atom stereocenters. The molecule has 2 amide bonds. The van der Waals surface area contributed by atoms with E-state index in [0.717, 1.165) is 17.1 Å². The average molecular weight is 472 g/mol. The maximum Gasteiger partial charge on any atom is 0.258 e. The highest BCUT2D eigenvalue weighted by Gasteiger charge is 2.38. The third-order valence-electron chi connectivity index (χ3n) is 6.54. The minimum absolute atomic E-state index is 0.0586. The number of nitrogen functional groups attached to an aromatic ring is 1. The van der Waals surface area contributed by atoms with Crippen LogP contribution in [0.2, 0.25) is 0 Å². The summed E-state index contributed by atoms with van der Waals surface area (Å²) in [5.41, 5.74) is 6.89. The quantitative estimate of drug-likeness (QED) is 0.616. The summed E-state index contributed by atoms with van der Waals surface area (Å²) < 4.78 is 42.2. The molecular weight excluding hydrogens is 449 g/mol. The fourth-order valence-electron chi connectivity index (χ4n) is 4.76. The molecule has 3 aromatic rings. The van der Waals surface area contributed by atoms with Gasteiger partial charge in [0, 0.05) is 30.9 Å². The van der Waals surface area contributed by atoms with Crippen molar-refractivity contribution in [3.8, 4) is 0 Å². The summed E-state index contributed by atoms with van der Waals surface area (Å²) in [6, 6.07) is 7.53. The van der Waals surface area contributed by atoms with Crippen molar-refractivity contribution in [3.05, 3.63) is 53.6 Å². The first-order chi connectivity index (χ1) is 16.3. The zero-order valence-corrected chi connectivity index (χ0v) is 18.2. The van der Waals surface area contributed by atoms with Gasteiger partial charge in [-0.2, -0.15) is 5.10 Å². The molecule has 2 N–H and O–H groups in total. The molecule has 11 heteroatoms. The summed E-state index contributed by atoms with van der Waals surface area (Å²) in [5.74, 6) is -1.65. The monoisotopic (exact) mass is 472 g/mol. The molecule has 34 heavy (non-hydrogen) atoms. The molecule has 0 aliphatic carbocycles. The Morgan fingerprint density at radius 3 is 2.74 bits per heavy atom. The van der Waals surface area contributed by atoms with E-state index in [4.69, 9.17) is 5.73 Å². The fraction of sp³-hybridized carbons (Fsp3) is 0.391. The molecule has 0 bridgehead atoms. The van der Waals surface area contributed by atoms with E-state index in [2.05, 4.69) is 10.1 Å². The van der Waals surface area contributed by atoms with Crippen LogP contribution >= 0.6 is 0 Å². The highest BCUT2D eigenvalue weighted by molar-refractivity contribution is 5.96. The number of nitrogens with zero attached hydrogens (tertiary/aromatic N) is 5. The number of benzene rings is 1. The van der Waals surface area contributed by atoms with Crippen LogP contribution in [0, 0.1) is 5.82 Å². The summed E-state index contributed by atoms with van der Waals surface area (Å²) >= 11 is 0. The van der Waals surface area contributed by atoms with Gasteiger partial charge in [-0.05, 0) is 25.0 Å². The summed E-state index contributed by atoms with van der Waals surface area (Å²) in [6.45, 7) is 0.834. The molecule has 1 aromatic carbocycles. The first kappa shape index (κ1) is 22.2. The van der Waals surface area contributed by atoms with Crippen molar-refractivity contribution in [2.75, 3.05) is 25.4 Å². The van der Waals surface area contributed by atoms with Crippen LogP contribution in [-0.4, -0.2) is 68.5 Å². The first-order valence-electron chi connectivity index (χ1n) is 11.1. The van der Waals surface area contributed by atoms with Crippen LogP contribution in [0.1, 0.15) is 34.8 Å². The van der Waals surface area contributed by atoms with Crippen molar-refractivity contribution < 1.29 is 22.8 Å². The van der Waals surface area contributed by atoms with E-state index < -0.39 is 30.1 Å². The number of alkyl halides is 2. The number of para-hydroxylation sites is 1. The second-order valence-electron chi connectivity index (χ2n) is 8.69. The number of aromatic nitrogens is 3. The summed E-state index contributed by atoms with van der Waals surface area (Å²) in [6.07, 6.45) is -0.799. The van der Waals surface area contributed by atoms with Crippen molar-refractivity contribution in [1.29, 1.82) is 0 Å². The zero-order chi connectivity index (χ0) is 24.0. The number of hydrogen-bond acceptors (Lipinski definition) is 5. The third kappa shape index (κ3) is 3.84. The van der Waals surface area contributed by atoms with Gasteiger partial charge in [-0.3, -0.25) is 14.3 Å². The summed E-state index contributed by atoms with van der Waals surface area (Å²) in [4.78, 5) is 31.9. The topological polar surface area (TPSA) is 97.3 Å². The zero-order valence-electron chi connectivity index (χ0n) is 18.2. The second kappa shape index (κ2) is 8.62. The standard InChI is InChI=1S/C23H23F3N6O2/c24-16-9-28-19(27)8-15(16)23(34)30-10-13(11-30)21-14-4-1-2-5-17(14)32(29-21)12-20(33)31-7-3-6-18(31)22(25)26/h1-2,4-5,8-9,13,18,22H,3,6-7,10-12H2,(H2,27,28)/t18-/m0/s1. The van der Waals surface area contributed by atoms with Crippen LogP contribution in [0.25, 0.3) is 10.9 Å². The lowest BCUT2D eigenvalue weighted by Gasteiger charge is -2.38. The molecule has 2 aromatic heterocycles. The van der Waals surface area contributed by atoms with E-state index in [1.807, 2.05) is 24.3 Å². The van der Waals surface area contributed by atoms with Crippen LogP contribution < -0.4 is 5.73 Å². The predicted octanol–water partition coefficient (Wildman–Crippen LogP) is 2.65. The lowest BCUT2D eigenvalue weighted by Crippen LogP contribution is -2.49. The summed E-state index contributed by atoms with van der Waals surface area (Å²) in [7, 11) is 0. The number of nitrogens with two attached hydrogens (primary N) is 1. The third-order valence-corrected chi connectivity index (χ3v) is 6.54. The van der Waals surface area contributed by atoms with Crippen LogP contribution in [0.3, 0.4) is 0 Å². The van der Waals surface area contributed by atoms with Gasteiger partial charge in [0.2, 0.25) is 5.91 Å². The SMILES string of the molecule is Nc1cc(C(=O)N2CC(c3nn(CC(=O)N4CCC[C@H]4C(F)F)c4ccccc34)C2)c(F)cn1. The average Bonchev–Trinajstić information content (AvgIpc) is 3.41. The minimum atomic E-state index is -2.57. The van der Waals surface area contributed by atoms with E-state index in [0.29, 0.717) is 38.2 Å². The second-order valence-corrected chi connectivity index (χ2v) is 8.69. The van der Waals surface area contributed by atoms with E-state index in [1.54, 1.807) is 4.68 Å². The molecule has 178 valence electrons. The predicted molar refractivity (Wildman–Crippen MR) is 118 cm³/mol. The van der Waals surface area contributed by atoms with E-state index >= 15 is 0 Å². The maximum atomic E-state index is 14.0. The molecule has 0 unspecified atom stereocenters. The van der Waals surface area contributed by atoms with Crippen molar-refractivity contribution in [2.24, 2.45) is 0 Å². The molecule has 0 spiro atoms. The normalized spacial score (nSPS) is 18.6. The fourth-order valence-corrected chi connectivity index (χ4v) is 4.76. The van der Waals surface area contributed by atoms with Gasteiger partial charge in [0.05, 0.1) is 29.0 Å². The molecule has 2 aliphatic rings. The highest BCUT2D eigenvalue weighted by atomic mass is 19.3. The van der Waals surface area contributed by atoms with E-state index in [9.17, 15) is 22.8 Å². The Bertz CT molecular complexity index is 1260. The Morgan fingerprint density at radius 2 is 1.97 bits per heavy atom. The molecule has 2 fully saturated rings. The van der Waals surface area contributed by atoms with Gasteiger partial charge in [0.1, 0.15) is 12.4 Å². The number of fused-ring (bicyclic) bond motifs is 1. The Morgan fingerprint density at radius 1 is 1.21 bits per heavy atom. The van der Waals surface area contributed by atoms with Crippen LogP contribution in [-0.2, 0) is 11.3 Å². The number of pyridine rings is 1. The van der Waals surface area contributed by atoms with Crippen LogP contribution in [0.15, 0.2) is 36.5 Å². The van der Waals surface area contributed by atoms with Crippen molar-refractivity contribution in [1.82, 2.24) is 24.6 Å². The van der Waals surface area contributed by atoms with Crippen molar-refractivity contribution in [2.45, 2.75) is 37.8 Å². The maximum absolute atomic E-state index is 14.0. The Balaban J connectivity index is 1.34. The number of rotatable bonds is 5. The lowest BCUT2D eigenvalue weighted by atomic mass is 9.93. The number of hydrogen-bond donors (Lipinski definition) is 1. The Kier molecular flexibility index (Phi) is 5.62. The van der Waals surface area contributed by atoms with E-state index in [1.165, 1.54) is 15.9 Å². The number of carbonyl (C=O) groups is 2. The largest absolute Gasteiger partial charge is 0.384 e. The molecule has 8 nitrogen and oxygen atoms in total. The van der Waals surface area contributed by atoms with Gasteiger partial charge in [-0.1, -0.05) is 18.2 Å². The number of carbonyl (C=O) groups excluding carboxylic acids is 2. The van der Waals surface area contributed by atoms with Crippen LogP contribution in [0.5, 0.6) is 0 Å². The molecule has 0 saturated carbocycles. The molecule has 5 rings (SSSR count). The van der Waals surface area contributed by atoms with Gasteiger partial charge in [0.15, 0.2) is 5.82 Å².